The molecule has 4 rings (SSSR count). The highest BCUT2D eigenvalue weighted by Gasteiger charge is 2.29. The standard InChI is InChI=1S/C21H24N4O4S/c22-30(28,29)18-6-7-19-17(14-18)8-9-25(19)20(26)15-23-10-12-24(13-11-23)21(27)16-4-2-1-3-5-16/h1-7,14H,8-13,15H2,(H2,22,28,29). The molecule has 9 heteroatoms. The molecule has 2 aliphatic heterocycles. The van der Waals surface area contributed by atoms with E-state index in [9.17, 15) is 18.0 Å². The molecule has 30 heavy (non-hydrogen) atoms. The summed E-state index contributed by atoms with van der Waals surface area (Å²) in [6.07, 6.45) is 0.601. The maximum absolute atomic E-state index is 12.9. The van der Waals surface area contributed by atoms with Crippen LogP contribution in [0.5, 0.6) is 0 Å². The van der Waals surface area contributed by atoms with Gasteiger partial charge in [0.1, 0.15) is 0 Å². The highest BCUT2D eigenvalue weighted by atomic mass is 32.2. The monoisotopic (exact) mass is 428 g/mol. The number of anilines is 1. The van der Waals surface area contributed by atoms with Crippen molar-refractivity contribution in [3.05, 3.63) is 59.7 Å². The summed E-state index contributed by atoms with van der Waals surface area (Å²) in [4.78, 5) is 31.0. The Labute approximate surface area is 175 Å². The number of amides is 2. The molecule has 0 atom stereocenters. The van der Waals surface area contributed by atoms with Gasteiger partial charge in [0.15, 0.2) is 0 Å². The number of hydrogen-bond donors (Lipinski definition) is 1. The largest absolute Gasteiger partial charge is 0.336 e. The summed E-state index contributed by atoms with van der Waals surface area (Å²) in [5, 5.41) is 5.20. The number of nitrogens with zero attached hydrogens (tertiary/aromatic N) is 3. The van der Waals surface area contributed by atoms with Crippen molar-refractivity contribution < 1.29 is 18.0 Å². The number of fused-ring (bicyclic) bond motifs is 1. The molecule has 2 heterocycles. The molecule has 0 saturated carbocycles. The van der Waals surface area contributed by atoms with Crippen LogP contribution < -0.4 is 10.0 Å². The first kappa shape index (κ1) is 20.5. The summed E-state index contributed by atoms with van der Waals surface area (Å²) < 4.78 is 23.1. The number of sulfonamides is 1. The SMILES string of the molecule is NS(=O)(=O)c1ccc2c(c1)CCN2C(=O)CN1CCN(C(=O)c2ccccc2)CC1. The zero-order valence-corrected chi connectivity index (χ0v) is 17.3. The average Bonchev–Trinajstić information content (AvgIpc) is 3.17. The van der Waals surface area contributed by atoms with Crippen LogP contribution in [0.15, 0.2) is 53.4 Å². The number of nitrogens with two attached hydrogens (primary N) is 1. The lowest BCUT2D eigenvalue weighted by atomic mass is 10.2. The van der Waals surface area contributed by atoms with E-state index in [1.54, 1.807) is 17.0 Å². The second kappa shape index (κ2) is 8.17. The molecule has 0 radical (unpaired) electrons. The highest BCUT2D eigenvalue weighted by molar-refractivity contribution is 7.89. The molecule has 0 aliphatic carbocycles. The molecule has 8 nitrogen and oxygen atoms in total. The van der Waals surface area contributed by atoms with Gasteiger partial charge >= 0.3 is 0 Å². The summed E-state index contributed by atoms with van der Waals surface area (Å²) in [6, 6.07) is 13.8. The van der Waals surface area contributed by atoms with Gasteiger partial charge in [-0.05, 0) is 42.3 Å². The molecule has 1 saturated heterocycles. The number of carbonyl (C=O) groups excluding carboxylic acids is 2. The molecule has 1 fully saturated rings. The average molecular weight is 429 g/mol. The Hall–Kier alpha value is -2.75. The fourth-order valence-electron chi connectivity index (χ4n) is 3.96. The van der Waals surface area contributed by atoms with E-state index in [2.05, 4.69) is 0 Å². The highest BCUT2D eigenvalue weighted by Crippen LogP contribution is 2.30. The smallest absolute Gasteiger partial charge is 0.253 e. The number of carbonyl (C=O) groups is 2. The van der Waals surface area contributed by atoms with E-state index in [0.29, 0.717) is 44.7 Å². The van der Waals surface area contributed by atoms with Crippen LogP contribution in [0.4, 0.5) is 5.69 Å². The maximum atomic E-state index is 12.9. The van der Waals surface area contributed by atoms with Gasteiger partial charge < -0.3 is 9.80 Å². The Kier molecular flexibility index (Phi) is 5.59. The molecule has 0 aromatic heterocycles. The van der Waals surface area contributed by atoms with Gasteiger partial charge in [0.25, 0.3) is 5.91 Å². The fourth-order valence-corrected chi connectivity index (χ4v) is 4.53. The van der Waals surface area contributed by atoms with Crippen molar-refractivity contribution in [3.63, 3.8) is 0 Å². The minimum Gasteiger partial charge on any atom is -0.336 e. The van der Waals surface area contributed by atoms with Gasteiger partial charge in [-0.3, -0.25) is 14.5 Å². The summed E-state index contributed by atoms with van der Waals surface area (Å²) >= 11 is 0. The molecule has 2 aromatic carbocycles. The van der Waals surface area contributed by atoms with Crippen LogP contribution in [-0.4, -0.2) is 69.3 Å². The van der Waals surface area contributed by atoms with Crippen molar-refractivity contribution >= 4 is 27.5 Å². The quantitative estimate of drug-likeness (QED) is 0.771. The zero-order valence-electron chi connectivity index (χ0n) is 16.5. The van der Waals surface area contributed by atoms with Gasteiger partial charge in [-0.25, -0.2) is 13.6 Å². The van der Waals surface area contributed by atoms with Gasteiger partial charge in [-0.15, -0.1) is 0 Å². The molecule has 0 spiro atoms. The predicted molar refractivity (Wildman–Crippen MR) is 113 cm³/mol. The number of primary sulfonamides is 1. The fraction of sp³-hybridized carbons (Fsp3) is 0.333. The molecule has 2 N–H and O–H groups in total. The summed E-state index contributed by atoms with van der Waals surface area (Å²) in [5.41, 5.74) is 2.23. The number of rotatable bonds is 4. The van der Waals surface area contributed by atoms with E-state index in [4.69, 9.17) is 5.14 Å². The van der Waals surface area contributed by atoms with Crippen LogP contribution in [0.3, 0.4) is 0 Å². The van der Waals surface area contributed by atoms with E-state index in [1.165, 1.54) is 6.07 Å². The van der Waals surface area contributed by atoms with E-state index in [-0.39, 0.29) is 23.3 Å². The van der Waals surface area contributed by atoms with Crippen LogP contribution in [0.2, 0.25) is 0 Å². The lowest BCUT2D eigenvalue weighted by Crippen LogP contribution is -2.51. The van der Waals surface area contributed by atoms with Gasteiger partial charge in [0.2, 0.25) is 15.9 Å². The number of benzene rings is 2. The predicted octanol–water partition coefficient (Wildman–Crippen LogP) is 0.681. The Morgan fingerprint density at radius 3 is 2.30 bits per heavy atom. The minimum atomic E-state index is -3.76. The lowest BCUT2D eigenvalue weighted by Gasteiger charge is -2.35. The summed E-state index contributed by atoms with van der Waals surface area (Å²) in [6.45, 7) is 3.22. The van der Waals surface area contributed by atoms with E-state index >= 15 is 0 Å². The third kappa shape index (κ3) is 4.23. The minimum absolute atomic E-state index is 0.0145. The molecule has 2 aromatic rings. The topological polar surface area (TPSA) is 104 Å². The first-order valence-electron chi connectivity index (χ1n) is 9.86. The van der Waals surface area contributed by atoms with Gasteiger partial charge in [0, 0.05) is 44.0 Å². The Balaban J connectivity index is 1.35. The van der Waals surface area contributed by atoms with Crippen molar-refractivity contribution in [1.82, 2.24) is 9.80 Å². The molecule has 0 bridgehead atoms. The number of piperazine rings is 1. The molecule has 0 unspecified atom stereocenters. The van der Waals surface area contributed by atoms with Crippen LogP contribution in [0.25, 0.3) is 0 Å². The Morgan fingerprint density at radius 2 is 1.63 bits per heavy atom. The Morgan fingerprint density at radius 1 is 0.933 bits per heavy atom. The van der Waals surface area contributed by atoms with Crippen molar-refractivity contribution in [2.45, 2.75) is 11.3 Å². The summed E-state index contributed by atoms with van der Waals surface area (Å²) in [5.74, 6) is -0.0133. The van der Waals surface area contributed by atoms with Crippen LogP contribution >= 0.6 is 0 Å². The first-order valence-corrected chi connectivity index (χ1v) is 11.4. The molecular formula is C21H24N4O4S. The van der Waals surface area contributed by atoms with Crippen molar-refractivity contribution in [2.75, 3.05) is 44.2 Å². The van der Waals surface area contributed by atoms with E-state index in [1.807, 2.05) is 40.1 Å². The van der Waals surface area contributed by atoms with Gasteiger partial charge in [-0.2, -0.15) is 0 Å². The third-order valence-electron chi connectivity index (χ3n) is 5.62. The van der Waals surface area contributed by atoms with Crippen LogP contribution in [0.1, 0.15) is 15.9 Å². The molecule has 2 aliphatic rings. The van der Waals surface area contributed by atoms with Gasteiger partial charge in [-0.1, -0.05) is 18.2 Å². The lowest BCUT2D eigenvalue weighted by molar-refractivity contribution is -0.120. The Bertz CT molecular complexity index is 1060. The second-order valence-electron chi connectivity index (χ2n) is 7.57. The maximum Gasteiger partial charge on any atom is 0.253 e. The molecule has 2 amide bonds. The normalized spacial score (nSPS) is 17.1. The number of hydrogen-bond acceptors (Lipinski definition) is 5. The van der Waals surface area contributed by atoms with Gasteiger partial charge in [0.05, 0.1) is 11.4 Å². The van der Waals surface area contributed by atoms with Crippen LogP contribution in [-0.2, 0) is 21.2 Å². The van der Waals surface area contributed by atoms with Crippen molar-refractivity contribution in [3.8, 4) is 0 Å². The second-order valence-corrected chi connectivity index (χ2v) is 9.13. The molecule has 158 valence electrons. The summed E-state index contributed by atoms with van der Waals surface area (Å²) in [7, 11) is -3.76. The zero-order chi connectivity index (χ0) is 21.3. The first-order chi connectivity index (χ1) is 14.3. The van der Waals surface area contributed by atoms with Crippen molar-refractivity contribution in [1.29, 1.82) is 0 Å². The van der Waals surface area contributed by atoms with Crippen LogP contribution in [0, 0.1) is 0 Å². The molecular weight excluding hydrogens is 404 g/mol. The van der Waals surface area contributed by atoms with E-state index < -0.39 is 10.0 Å². The van der Waals surface area contributed by atoms with Crippen molar-refractivity contribution in [2.24, 2.45) is 5.14 Å². The third-order valence-corrected chi connectivity index (χ3v) is 6.53. The van der Waals surface area contributed by atoms with E-state index in [0.717, 1.165) is 11.3 Å².